The van der Waals surface area contributed by atoms with Crippen molar-refractivity contribution in [2.24, 2.45) is 0 Å². The first-order chi connectivity index (χ1) is 10.3. The van der Waals surface area contributed by atoms with Gasteiger partial charge in [0, 0.05) is 32.4 Å². The van der Waals surface area contributed by atoms with E-state index < -0.39 is 0 Å². The highest BCUT2D eigenvalue weighted by atomic mass is 16.5. The Hall–Kier alpha value is -1.40. The van der Waals surface area contributed by atoms with E-state index in [2.05, 4.69) is 27.5 Å². The van der Waals surface area contributed by atoms with Crippen LogP contribution in [0.25, 0.3) is 0 Å². The molecule has 0 aliphatic heterocycles. The largest absolute Gasteiger partial charge is 0.396 e. The van der Waals surface area contributed by atoms with Crippen LogP contribution in [0.15, 0.2) is 6.07 Å². The molecule has 0 aromatic carbocycles. The number of anilines is 2. The standard InChI is InChI=1S/C15H28N4O2/c1-3-8-16-13-11-14(17-9-6-5-7-10-20)19-15(18-13)12-21-4-2/h11,20H,3-10,12H2,1-2H3,(H2,16,17,18,19). The smallest absolute Gasteiger partial charge is 0.158 e. The van der Waals surface area contributed by atoms with E-state index in [1.165, 1.54) is 0 Å². The number of unbranched alkanes of at least 4 members (excludes halogenated alkanes) is 2. The lowest BCUT2D eigenvalue weighted by Gasteiger charge is -2.11. The molecule has 0 saturated heterocycles. The van der Waals surface area contributed by atoms with Crippen LogP contribution >= 0.6 is 0 Å². The van der Waals surface area contributed by atoms with Gasteiger partial charge in [-0.2, -0.15) is 0 Å². The average molecular weight is 296 g/mol. The number of nitrogens with zero attached hydrogens (tertiary/aromatic N) is 2. The number of hydrogen-bond acceptors (Lipinski definition) is 6. The molecule has 0 bridgehead atoms. The lowest BCUT2D eigenvalue weighted by Crippen LogP contribution is -2.10. The minimum absolute atomic E-state index is 0.261. The van der Waals surface area contributed by atoms with Crippen LogP contribution in [0.2, 0.25) is 0 Å². The number of aliphatic hydroxyl groups excluding tert-OH is 1. The molecule has 0 aliphatic rings. The van der Waals surface area contributed by atoms with Gasteiger partial charge in [-0.15, -0.1) is 0 Å². The Kier molecular flexibility index (Phi) is 9.48. The van der Waals surface area contributed by atoms with Crippen LogP contribution in [-0.2, 0) is 11.3 Å². The SMILES string of the molecule is CCCNc1cc(NCCCCCO)nc(COCC)n1. The van der Waals surface area contributed by atoms with E-state index in [9.17, 15) is 0 Å². The maximum Gasteiger partial charge on any atom is 0.158 e. The van der Waals surface area contributed by atoms with Gasteiger partial charge < -0.3 is 20.5 Å². The fourth-order valence-corrected chi connectivity index (χ4v) is 1.82. The third kappa shape index (κ3) is 7.82. The van der Waals surface area contributed by atoms with Crippen molar-refractivity contribution in [3.63, 3.8) is 0 Å². The normalized spacial score (nSPS) is 10.6. The second-order valence-corrected chi connectivity index (χ2v) is 4.83. The Bertz CT molecular complexity index is 362. The molecule has 1 aromatic rings. The van der Waals surface area contributed by atoms with Crippen molar-refractivity contribution in [2.45, 2.75) is 46.1 Å². The lowest BCUT2D eigenvalue weighted by molar-refractivity contribution is 0.128. The molecule has 6 heteroatoms. The molecule has 0 spiro atoms. The molecular weight excluding hydrogens is 268 g/mol. The van der Waals surface area contributed by atoms with E-state index in [1.807, 2.05) is 13.0 Å². The van der Waals surface area contributed by atoms with Gasteiger partial charge in [0.25, 0.3) is 0 Å². The molecular formula is C15H28N4O2. The van der Waals surface area contributed by atoms with Gasteiger partial charge in [0.2, 0.25) is 0 Å². The summed E-state index contributed by atoms with van der Waals surface area (Å²) in [6, 6.07) is 1.93. The number of aliphatic hydroxyl groups is 1. The van der Waals surface area contributed by atoms with Crippen LogP contribution < -0.4 is 10.6 Å². The molecule has 21 heavy (non-hydrogen) atoms. The van der Waals surface area contributed by atoms with Crippen LogP contribution in [0.1, 0.15) is 45.4 Å². The molecule has 0 aliphatic carbocycles. The highest BCUT2D eigenvalue weighted by Crippen LogP contribution is 2.12. The first-order valence-corrected chi connectivity index (χ1v) is 7.84. The molecule has 1 rings (SSSR count). The van der Waals surface area contributed by atoms with Gasteiger partial charge in [-0.25, -0.2) is 9.97 Å². The molecule has 6 nitrogen and oxygen atoms in total. The van der Waals surface area contributed by atoms with Gasteiger partial charge in [0.1, 0.15) is 18.2 Å². The molecule has 1 heterocycles. The van der Waals surface area contributed by atoms with Crippen molar-refractivity contribution in [3.8, 4) is 0 Å². The second-order valence-electron chi connectivity index (χ2n) is 4.83. The summed E-state index contributed by atoms with van der Waals surface area (Å²) < 4.78 is 5.38. The minimum atomic E-state index is 0.261. The fraction of sp³-hybridized carbons (Fsp3) is 0.733. The highest BCUT2D eigenvalue weighted by Gasteiger charge is 2.04. The highest BCUT2D eigenvalue weighted by molar-refractivity contribution is 5.47. The lowest BCUT2D eigenvalue weighted by atomic mass is 10.2. The summed E-state index contributed by atoms with van der Waals surface area (Å²) in [6.45, 7) is 7.16. The molecule has 0 radical (unpaired) electrons. The van der Waals surface area contributed by atoms with Crippen molar-refractivity contribution < 1.29 is 9.84 Å². The van der Waals surface area contributed by atoms with E-state index >= 15 is 0 Å². The molecule has 3 N–H and O–H groups in total. The Morgan fingerprint density at radius 2 is 1.76 bits per heavy atom. The van der Waals surface area contributed by atoms with Crippen LogP contribution in [-0.4, -0.2) is 41.4 Å². The topological polar surface area (TPSA) is 79.3 Å². The van der Waals surface area contributed by atoms with E-state index in [0.29, 0.717) is 19.0 Å². The van der Waals surface area contributed by atoms with Crippen LogP contribution in [0, 0.1) is 0 Å². The Morgan fingerprint density at radius 3 is 2.38 bits per heavy atom. The van der Waals surface area contributed by atoms with E-state index in [0.717, 1.165) is 50.4 Å². The zero-order valence-electron chi connectivity index (χ0n) is 13.2. The molecule has 0 unspecified atom stereocenters. The number of rotatable bonds is 12. The second kappa shape index (κ2) is 11.3. The maximum absolute atomic E-state index is 8.76. The summed E-state index contributed by atoms with van der Waals surface area (Å²) in [7, 11) is 0. The average Bonchev–Trinajstić information content (AvgIpc) is 2.50. The monoisotopic (exact) mass is 296 g/mol. The van der Waals surface area contributed by atoms with Gasteiger partial charge in [-0.1, -0.05) is 6.92 Å². The molecule has 0 fully saturated rings. The predicted molar refractivity (Wildman–Crippen MR) is 85.6 cm³/mol. The Balaban J connectivity index is 2.57. The van der Waals surface area contributed by atoms with Crippen molar-refractivity contribution in [1.82, 2.24) is 9.97 Å². The molecule has 0 atom stereocenters. The van der Waals surface area contributed by atoms with Crippen LogP contribution in [0.5, 0.6) is 0 Å². The van der Waals surface area contributed by atoms with Crippen molar-refractivity contribution >= 4 is 11.6 Å². The first-order valence-electron chi connectivity index (χ1n) is 7.84. The summed E-state index contributed by atoms with van der Waals surface area (Å²) in [5.74, 6) is 2.34. The van der Waals surface area contributed by atoms with Gasteiger partial charge in [-0.3, -0.25) is 0 Å². The third-order valence-corrected chi connectivity index (χ3v) is 2.90. The zero-order chi connectivity index (χ0) is 15.3. The van der Waals surface area contributed by atoms with Crippen molar-refractivity contribution in [1.29, 1.82) is 0 Å². The van der Waals surface area contributed by atoms with E-state index in [4.69, 9.17) is 9.84 Å². The third-order valence-electron chi connectivity index (χ3n) is 2.90. The Labute approximate surface area is 127 Å². The van der Waals surface area contributed by atoms with Gasteiger partial charge in [0.15, 0.2) is 5.82 Å². The van der Waals surface area contributed by atoms with Gasteiger partial charge >= 0.3 is 0 Å². The minimum Gasteiger partial charge on any atom is -0.396 e. The summed E-state index contributed by atoms with van der Waals surface area (Å²) in [4.78, 5) is 8.91. The predicted octanol–water partition coefficient (Wildman–Crippen LogP) is 2.41. The molecule has 120 valence electrons. The van der Waals surface area contributed by atoms with Gasteiger partial charge in [-0.05, 0) is 32.6 Å². The number of ether oxygens (including phenoxy) is 1. The fourth-order valence-electron chi connectivity index (χ4n) is 1.82. The van der Waals surface area contributed by atoms with Crippen molar-refractivity contribution in [2.75, 3.05) is 36.9 Å². The summed E-state index contributed by atoms with van der Waals surface area (Å²) in [6.07, 6.45) is 3.93. The summed E-state index contributed by atoms with van der Waals surface area (Å²) in [5.41, 5.74) is 0. The summed E-state index contributed by atoms with van der Waals surface area (Å²) in [5, 5.41) is 15.3. The van der Waals surface area contributed by atoms with Crippen molar-refractivity contribution in [3.05, 3.63) is 11.9 Å². The van der Waals surface area contributed by atoms with Crippen LogP contribution in [0.4, 0.5) is 11.6 Å². The quantitative estimate of drug-likeness (QED) is 0.514. The van der Waals surface area contributed by atoms with E-state index in [-0.39, 0.29) is 6.61 Å². The first kappa shape index (κ1) is 17.7. The molecule has 0 saturated carbocycles. The number of aromatic nitrogens is 2. The summed E-state index contributed by atoms with van der Waals surface area (Å²) >= 11 is 0. The maximum atomic E-state index is 8.76. The molecule has 0 amide bonds. The van der Waals surface area contributed by atoms with Gasteiger partial charge in [0.05, 0.1) is 0 Å². The number of hydrogen-bond donors (Lipinski definition) is 3. The zero-order valence-corrected chi connectivity index (χ0v) is 13.2. The van der Waals surface area contributed by atoms with Crippen LogP contribution in [0.3, 0.4) is 0 Å². The van der Waals surface area contributed by atoms with E-state index in [1.54, 1.807) is 0 Å². The Morgan fingerprint density at radius 1 is 1.05 bits per heavy atom. The number of nitrogens with one attached hydrogen (secondary N) is 2. The molecule has 1 aromatic heterocycles.